The molecular formula is C21H26N2O6S. The average Bonchev–Trinajstić information content (AvgIpc) is 2.71. The molecule has 1 N–H and O–H groups in total. The number of hydrogen-bond acceptors (Lipinski definition) is 6. The molecule has 0 aliphatic carbocycles. The third-order valence-corrected chi connectivity index (χ3v) is 5.38. The van der Waals surface area contributed by atoms with Crippen molar-refractivity contribution >= 4 is 33.3 Å². The van der Waals surface area contributed by atoms with Gasteiger partial charge in [-0.15, -0.1) is 0 Å². The Morgan fingerprint density at radius 2 is 1.67 bits per heavy atom. The van der Waals surface area contributed by atoms with E-state index in [-0.39, 0.29) is 18.9 Å². The predicted molar refractivity (Wildman–Crippen MR) is 115 cm³/mol. The molecule has 0 spiro atoms. The number of methoxy groups -OCH3 is 1. The van der Waals surface area contributed by atoms with Crippen LogP contribution in [0.1, 0.15) is 30.1 Å². The fraction of sp³-hybridized carbons (Fsp3) is 0.333. The van der Waals surface area contributed by atoms with E-state index in [9.17, 15) is 18.0 Å². The minimum absolute atomic E-state index is 0.141. The molecule has 0 aromatic heterocycles. The third kappa shape index (κ3) is 6.77. The maximum Gasteiger partial charge on any atom is 0.337 e. The van der Waals surface area contributed by atoms with Crippen molar-refractivity contribution < 1.29 is 27.5 Å². The lowest BCUT2D eigenvalue weighted by Gasteiger charge is -2.22. The predicted octanol–water partition coefficient (Wildman–Crippen LogP) is 3.06. The van der Waals surface area contributed by atoms with Gasteiger partial charge in [-0.2, -0.15) is 0 Å². The molecule has 0 saturated heterocycles. The molecule has 0 atom stereocenters. The van der Waals surface area contributed by atoms with Crippen LogP contribution in [0, 0.1) is 0 Å². The number of benzene rings is 2. The zero-order valence-electron chi connectivity index (χ0n) is 17.3. The Hall–Kier alpha value is -3.07. The van der Waals surface area contributed by atoms with Gasteiger partial charge in [0.05, 0.1) is 31.2 Å². The third-order valence-electron chi connectivity index (χ3n) is 4.19. The van der Waals surface area contributed by atoms with Crippen molar-refractivity contribution in [3.8, 4) is 5.75 Å². The van der Waals surface area contributed by atoms with E-state index in [0.717, 1.165) is 6.26 Å². The van der Waals surface area contributed by atoms with Crippen LogP contribution in [-0.4, -0.2) is 46.8 Å². The monoisotopic (exact) mass is 434 g/mol. The van der Waals surface area contributed by atoms with Crippen molar-refractivity contribution in [2.45, 2.75) is 19.8 Å². The molecule has 0 bridgehead atoms. The first-order valence-corrected chi connectivity index (χ1v) is 11.3. The fourth-order valence-electron chi connectivity index (χ4n) is 2.78. The van der Waals surface area contributed by atoms with E-state index in [1.807, 2.05) is 6.92 Å². The molecule has 162 valence electrons. The van der Waals surface area contributed by atoms with E-state index in [2.05, 4.69) is 10.1 Å². The number of hydrogen-bond donors (Lipinski definition) is 1. The standard InChI is InChI=1S/C21H26N2O6S/c1-4-29-19-13-11-18(12-14-19)23(30(3,26)27)15-5-6-20(24)22-17-9-7-16(8-10-17)21(25)28-2/h7-14H,4-6,15H2,1-3H3,(H,22,24). The molecule has 0 unspecified atom stereocenters. The van der Waals surface area contributed by atoms with Crippen LogP contribution in [0.3, 0.4) is 0 Å². The summed E-state index contributed by atoms with van der Waals surface area (Å²) in [5.41, 5.74) is 1.44. The van der Waals surface area contributed by atoms with Crippen LogP contribution in [0.25, 0.3) is 0 Å². The SMILES string of the molecule is CCOc1ccc(N(CCCC(=O)Nc2ccc(C(=O)OC)cc2)S(C)(=O)=O)cc1. The molecule has 0 aliphatic rings. The highest BCUT2D eigenvalue weighted by Gasteiger charge is 2.18. The van der Waals surface area contributed by atoms with Gasteiger partial charge in [-0.25, -0.2) is 13.2 Å². The number of esters is 1. The number of ether oxygens (including phenoxy) is 2. The summed E-state index contributed by atoms with van der Waals surface area (Å²) >= 11 is 0. The fourth-order valence-corrected chi connectivity index (χ4v) is 3.74. The summed E-state index contributed by atoms with van der Waals surface area (Å²) < 4.78 is 35.6. The first-order chi connectivity index (χ1) is 14.2. The second-order valence-corrected chi connectivity index (χ2v) is 8.39. The van der Waals surface area contributed by atoms with Crippen molar-refractivity contribution in [2.24, 2.45) is 0 Å². The van der Waals surface area contributed by atoms with Crippen LogP contribution in [0.2, 0.25) is 0 Å². The summed E-state index contributed by atoms with van der Waals surface area (Å²) in [6, 6.07) is 13.1. The van der Waals surface area contributed by atoms with Crippen LogP contribution in [-0.2, 0) is 19.6 Å². The molecule has 9 heteroatoms. The quantitative estimate of drug-likeness (QED) is 0.577. The number of sulfonamides is 1. The topological polar surface area (TPSA) is 102 Å². The molecule has 8 nitrogen and oxygen atoms in total. The highest BCUT2D eigenvalue weighted by molar-refractivity contribution is 7.92. The second-order valence-electron chi connectivity index (χ2n) is 6.48. The summed E-state index contributed by atoms with van der Waals surface area (Å²) in [6.45, 7) is 2.56. The molecule has 0 heterocycles. The summed E-state index contributed by atoms with van der Waals surface area (Å²) in [6.07, 6.45) is 1.61. The van der Waals surface area contributed by atoms with Crippen LogP contribution in [0.4, 0.5) is 11.4 Å². The Bertz CT molecular complexity index is 956. The van der Waals surface area contributed by atoms with Gasteiger partial charge in [0, 0.05) is 18.7 Å². The van der Waals surface area contributed by atoms with E-state index < -0.39 is 16.0 Å². The second kappa shape index (κ2) is 10.6. The van der Waals surface area contributed by atoms with Crippen LogP contribution >= 0.6 is 0 Å². The molecule has 2 rings (SSSR count). The molecule has 0 saturated carbocycles. The number of carbonyl (C=O) groups excluding carboxylic acids is 2. The number of amides is 1. The maximum absolute atomic E-state index is 12.2. The Labute approximate surface area is 176 Å². The van der Waals surface area contributed by atoms with Crippen molar-refractivity contribution in [2.75, 3.05) is 36.1 Å². The zero-order valence-corrected chi connectivity index (χ0v) is 18.1. The largest absolute Gasteiger partial charge is 0.494 e. The average molecular weight is 435 g/mol. The molecule has 30 heavy (non-hydrogen) atoms. The summed E-state index contributed by atoms with van der Waals surface area (Å²) in [7, 11) is -2.20. The first kappa shape index (κ1) is 23.2. The highest BCUT2D eigenvalue weighted by atomic mass is 32.2. The molecule has 1 amide bonds. The van der Waals surface area contributed by atoms with Gasteiger partial charge in [0.1, 0.15) is 5.75 Å². The van der Waals surface area contributed by atoms with Crippen molar-refractivity contribution in [1.29, 1.82) is 0 Å². The Morgan fingerprint density at radius 1 is 1.03 bits per heavy atom. The number of nitrogens with one attached hydrogen (secondary N) is 1. The first-order valence-electron chi connectivity index (χ1n) is 9.43. The van der Waals surface area contributed by atoms with Gasteiger partial charge in [0.25, 0.3) is 0 Å². The number of carbonyl (C=O) groups is 2. The molecule has 2 aromatic rings. The van der Waals surface area contributed by atoms with Crippen LogP contribution < -0.4 is 14.4 Å². The van der Waals surface area contributed by atoms with Crippen LogP contribution in [0.5, 0.6) is 5.75 Å². The lowest BCUT2D eigenvalue weighted by Crippen LogP contribution is -2.31. The van der Waals surface area contributed by atoms with Gasteiger partial charge in [0.15, 0.2) is 0 Å². The minimum Gasteiger partial charge on any atom is -0.494 e. The Kier molecular flexibility index (Phi) is 8.23. The molecule has 0 aliphatic heterocycles. The van der Waals surface area contributed by atoms with Gasteiger partial charge in [-0.3, -0.25) is 9.10 Å². The molecule has 0 fully saturated rings. The van der Waals surface area contributed by atoms with E-state index >= 15 is 0 Å². The normalized spacial score (nSPS) is 10.9. The van der Waals surface area contributed by atoms with Crippen LogP contribution in [0.15, 0.2) is 48.5 Å². The summed E-state index contributed by atoms with van der Waals surface area (Å²) in [5.74, 6) is -0.0451. The van der Waals surface area contributed by atoms with Gasteiger partial charge in [-0.1, -0.05) is 0 Å². The van der Waals surface area contributed by atoms with Gasteiger partial charge >= 0.3 is 5.97 Å². The maximum atomic E-state index is 12.2. The van der Waals surface area contributed by atoms with E-state index in [1.54, 1.807) is 48.5 Å². The summed E-state index contributed by atoms with van der Waals surface area (Å²) in [4.78, 5) is 23.6. The van der Waals surface area contributed by atoms with E-state index in [0.29, 0.717) is 35.7 Å². The lowest BCUT2D eigenvalue weighted by atomic mass is 10.2. The minimum atomic E-state index is -3.50. The van der Waals surface area contributed by atoms with E-state index in [4.69, 9.17) is 4.74 Å². The number of anilines is 2. The molecule has 2 aromatic carbocycles. The molecule has 0 radical (unpaired) electrons. The molecular weight excluding hydrogens is 408 g/mol. The zero-order chi connectivity index (χ0) is 22.1. The van der Waals surface area contributed by atoms with Crippen molar-refractivity contribution in [3.05, 3.63) is 54.1 Å². The van der Waals surface area contributed by atoms with Gasteiger partial charge < -0.3 is 14.8 Å². The van der Waals surface area contributed by atoms with Crippen molar-refractivity contribution in [1.82, 2.24) is 0 Å². The summed E-state index contributed by atoms with van der Waals surface area (Å²) in [5, 5.41) is 2.72. The van der Waals surface area contributed by atoms with Gasteiger partial charge in [0.2, 0.25) is 15.9 Å². The Morgan fingerprint density at radius 3 is 2.20 bits per heavy atom. The Balaban J connectivity index is 1.93. The van der Waals surface area contributed by atoms with E-state index in [1.165, 1.54) is 11.4 Å². The number of rotatable bonds is 10. The van der Waals surface area contributed by atoms with Gasteiger partial charge in [-0.05, 0) is 61.9 Å². The number of nitrogens with zero attached hydrogens (tertiary/aromatic N) is 1. The lowest BCUT2D eigenvalue weighted by molar-refractivity contribution is -0.116. The highest BCUT2D eigenvalue weighted by Crippen LogP contribution is 2.22. The van der Waals surface area contributed by atoms with Crippen molar-refractivity contribution in [3.63, 3.8) is 0 Å². The smallest absolute Gasteiger partial charge is 0.337 e.